The monoisotopic (exact) mass is 356 g/mol. The Labute approximate surface area is 153 Å². The van der Waals surface area contributed by atoms with Gasteiger partial charge in [-0.25, -0.2) is 4.39 Å². The van der Waals surface area contributed by atoms with Gasteiger partial charge < -0.3 is 4.98 Å². The quantitative estimate of drug-likeness (QED) is 0.321. The average molecular weight is 356 g/mol. The fourth-order valence-corrected chi connectivity index (χ4v) is 2.96. The number of nitrogens with zero attached hydrogens (tertiary/aromatic N) is 2. The topological polar surface area (TPSA) is 85.3 Å². The number of rotatable bonds is 4. The van der Waals surface area contributed by atoms with Crippen LogP contribution in [0.4, 0.5) is 4.39 Å². The molecule has 0 radical (unpaired) electrons. The number of Topliss-reactive ketones (excluding diaryl/α,β-unsaturated/α-hetero) is 1. The predicted molar refractivity (Wildman–Crippen MR) is 100 cm³/mol. The Balaban J connectivity index is 1.75. The molecule has 0 aliphatic heterocycles. The Hall–Kier alpha value is -3.98. The molecule has 27 heavy (non-hydrogen) atoms. The molecular formula is C21H13FN4O. The minimum absolute atomic E-state index is 0.00971. The van der Waals surface area contributed by atoms with Crippen molar-refractivity contribution in [2.75, 3.05) is 0 Å². The second kappa shape index (κ2) is 6.73. The first-order chi connectivity index (χ1) is 13.2. The van der Waals surface area contributed by atoms with Crippen LogP contribution in [0.2, 0.25) is 0 Å². The van der Waals surface area contributed by atoms with Gasteiger partial charge in [0, 0.05) is 33.8 Å². The molecule has 0 aliphatic carbocycles. The van der Waals surface area contributed by atoms with Crippen molar-refractivity contribution < 1.29 is 9.18 Å². The van der Waals surface area contributed by atoms with E-state index >= 15 is 0 Å². The van der Waals surface area contributed by atoms with Crippen LogP contribution in [0.1, 0.15) is 15.9 Å². The molecule has 6 heteroatoms. The van der Waals surface area contributed by atoms with Crippen LogP contribution >= 0.6 is 0 Å². The lowest BCUT2D eigenvalue weighted by Crippen LogP contribution is -2.01. The van der Waals surface area contributed by atoms with E-state index in [1.54, 1.807) is 18.3 Å². The molecule has 4 rings (SSSR count). The van der Waals surface area contributed by atoms with E-state index in [-0.39, 0.29) is 17.2 Å². The summed E-state index contributed by atoms with van der Waals surface area (Å²) in [6, 6.07) is 15.3. The number of ketones is 1. The van der Waals surface area contributed by atoms with Crippen molar-refractivity contribution in [3.05, 3.63) is 83.4 Å². The van der Waals surface area contributed by atoms with Crippen molar-refractivity contribution in [1.82, 2.24) is 15.2 Å². The van der Waals surface area contributed by atoms with Gasteiger partial charge in [0.25, 0.3) is 0 Å². The number of benzene rings is 2. The molecule has 2 aromatic heterocycles. The van der Waals surface area contributed by atoms with Crippen molar-refractivity contribution in [2.45, 2.75) is 0 Å². The summed E-state index contributed by atoms with van der Waals surface area (Å²) in [6.07, 6.45) is 4.62. The molecule has 0 saturated carbocycles. The van der Waals surface area contributed by atoms with Crippen LogP contribution in [0.5, 0.6) is 0 Å². The molecule has 0 saturated heterocycles. The third-order valence-corrected chi connectivity index (χ3v) is 4.30. The number of carbonyl (C=O) groups excluding carboxylic acids is 1. The highest BCUT2D eigenvalue weighted by Crippen LogP contribution is 2.25. The number of nitriles is 1. The zero-order valence-corrected chi connectivity index (χ0v) is 14.0. The number of hydrogen-bond donors (Lipinski definition) is 2. The maximum absolute atomic E-state index is 13.2. The van der Waals surface area contributed by atoms with Crippen LogP contribution in [0.3, 0.4) is 0 Å². The first-order valence-corrected chi connectivity index (χ1v) is 8.19. The zero-order valence-electron chi connectivity index (χ0n) is 14.0. The summed E-state index contributed by atoms with van der Waals surface area (Å²) >= 11 is 0. The number of hydrogen-bond acceptors (Lipinski definition) is 3. The average Bonchev–Trinajstić information content (AvgIpc) is 3.33. The van der Waals surface area contributed by atoms with E-state index in [1.165, 1.54) is 24.4 Å². The van der Waals surface area contributed by atoms with Crippen molar-refractivity contribution in [3.8, 4) is 17.3 Å². The fraction of sp³-hybridized carbons (Fsp3) is 0. The number of carbonyl (C=O) groups is 1. The number of para-hydroxylation sites is 1. The summed E-state index contributed by atoms with van der Waals surface area (Å²) in [5.74, 6) is -0.719. The summed E-state index contributed by atoms with van der Waals surface area (Å²) < 4.78 is 13.2. The summed E-state index contributed by atoms with van der Waals surface area (Å²) in [6.45, 7) is 0. The molecule has 2 N–H and O–H groups in total. The Kier molecular flexibility index (Phi) is 4.11. The highest BCUT2D eigenvalue weighted by molar-refractivity contribution is 6.20. The van der Waals surface area contributed by atoms with Gasteiger partial charge in [-0.2, -0.15) is 10.4 Å². The first-order valence-electron chi connectivity index (χ1n) is 8.19. The maximum Gasteiger partial charge on any atom is 0.205 e. The van der Waals surface area contributed by atoms with E-state index in [0.717, 1.165) is 10.9 Å². The van der Waals surface area contributed by atoms with E-state index in [2.05, 4.69) is 15.2 Å². The van der Waals surface area contributed by atoms with Gasteiger partial charge in [0.1, 0.15) is 17.5 Å². The standard InChI is InChI=1S/C21H13FN4O/c22-16-7-5-13(6-8-16)20-15(11-25-26-20)9-14(10-23)21(27)18-12-24-19-4-2-1-3-17(18)19/h1-9,11-12,24H,(H,25,26). The largest absolute Gasteiger partial charge is 0.360 e. The van der Waals surface area contributed by atoms with Crippen LogP contribution in [-0.4, -0.2) is 21.0 Å². The van der Waals surface area contributed by atoms with Crippen molar-refractivity contribution in [1.29, 1.82) is 5.26 Å². The number of fused-ring (bicyclic) bond motifs is 1. The number of H-pyrrole nitrogens is 2. The highest BCUT2D eigenvalue weighted by atomic mass is 19.1. The van der Waals surface area contributed by atoms with E-state index in [1.807, 2.05) is 30.3 Å². The smallest absolute Gasteiger partial charge is 0.205 e. The molecule has 0 spiro atoms. The van der Waals surface area contributed by atoms with Gasteiger partial charge in [0.15, 0.2) is 0 Å². The highest BCUT2D eigenvalue weighted by Gasteiger charge is 2.17. The number of halogens is 1. The number of allylic oxidation sites excluding steroid dienone is 1. The normalized spacial score (nSPS) is 11.5. The molecule has 0 bridgehead atoms. The third kappa shape index (κ3) is 3.02. The molecule has 130 valence electrons. The Morgan fingerprint density at radius 3 is 2.70 bits per heavy atom. The molecule has 0 fully saturated rings. The second-order valence-electron chi connectivity index (χ2n) is 5.95. The number of aromatic amines is 2. The lowest BCUT2D eigenvalue weighted by molar-refractivity contribution is 0.104. The van der Waals surface area contributed by atoms with E-state index in [4.69, 9.17) is 0 Å². The fourth-order valence-electron chi connectivity index (χ4n) is 2.96. The van der Waals surface area contributed by atoms with Crippen LogP contribution < -0.4 is 0 Å². The molecular weight excluding hydrogens is 343 g/mol. The van der Waals surface area contributed by atoms with Crippen molar-refractivity contribution in [3.63, 3.8) is 0 Å². The van der Waals surface area contributed by atoms with Crippen LogP contribution in [0.15, 0.2) is 66.5 Å². The molecule has 0 atom stereocenters. The van der Waals surface area contributed by atoms with Gasteiger partial charge in [-0.3, -0.25) is 9.89 Å². The van der Waals surface area contributed by atoms with Crippen molar-refractivity contribution in [2.24, 2.45) is 0 Å². The first kappa shape index (κ1) is 16.5. The number of aromatic nitrogens is 3. The minimum atomic E-state index is -0.374. The van der Waals surface area contributed by atoms with E-state index in [0.29, 0.717) is 22.4 Å². The third-order valence-electron chi connectivity index (χ3n) is 4.30. The van der Waals surface area contributed by atoms with E-state index < -0.39 is 0 Å². The Bertz CT molecular complexity index is 1210. The van der Waals surface area contributed by atoms with Gasteiger partial charge in [0.2, 0.25) is 5.78 Å². The molecule has 0 unspecified atom stereocenters. The van der Waals surface area contributed by atoms with Gasteiger partial charge in [-0.1, -0.05) is 18.2 Å². The van der Waals surface area contributed by atoms with Crippen LogP contribution in [-0.2, 0) is 0 Å². The summed E-state index contributed by atoms with van der Waals surface area (Å²) in [5.41, 5.74) is 3.14. The molecule has 4 aromatic rings. The van der Waals surface area contributed by atoms with E-state index in [9.17, 15) is 14.4 Å². The van der Waals surface area contributed by atoms with Gasteiger partial charge in [-0.15, -0.1) is 0 Å². The predicted octanol–water partition coefficient (Wildman–Crippen LogP) is 4.49. The Morgan fingerprint density at radius 2 is 1.93 bits per heavy atom. The van der Waals surface area contributed by atoms with Crippen LogP contribution in [0, 0.1) is 17.1 Å². The van der Waals surface area contributed by atoms with Gasteiger partial charge in [0.05, 0.1) is 11.9 Å². The number of nitrogens with one attached hydrogen (secondary N) is 2. The van der Waals surface area contributed by atoms with Crippen molar-refractivity contribution >= 4 is 22.8 Å². The molecule has 2 aromatic carbocycles. The summed E-state index contributed by atoms with van der Waals surface area (Å²) in [4.78, 5) is 15.9. The van der Waals surface area contributed by atoms with Gasteiger partial charge >= 0.3 is 0 Å². The summed E-state index contributed by atoms with van der Waals surface area (Å²) in [7, 11) is 0. The zero-order chi connectivity index (χ0) is 18.8. The second-order valence-corrected chi connectivity index (χ2v) is 5.95. The molecule has 0 amide bonds. The lowest BCUT2D eigenvalue weighted by atomic mass is 10.0. The van der Waals surface area contributed by atoms with Gasteiger partial charge in [-0.05, 0) is 36.4 Å². The van der Waals surface area contributed by atoms with Crippen LogP contribution in [0.25, 0.3) is 28.2 Å². The minimum Gasteiger partial charge on any atom is -0.360 e. The molecule has 2 heterocycles. The lowest BCUT2D eigenvalue weighted by Gasteiger charge is -2.01. The molecule has 0 aliphatic rings. The molecule has 5 nitrogen and oxygen atoms in total. The SMILES string of the molecule is N#CC(=Cc1cn[nH]c1-c1ccc(F)cc1)C(=O)c1c[nH]c2ccccc12. The summed E-state index contributed by atoms with van der Waals surface area (Å²) in [5, 5.41) is 17.1. The maximum atomic E-state index is 13.2. The Morgan fingerprint density at radius 1 is 1.15 bits per heavy atom.